The predicted octanol–water partition coefficient (Wildman–Crippen LogP) is 3.70. The van der Waals surface area contributed by atoms with E-state index in [1.54, 1.807) is 0 Å². The zero-order valence-electron chi connectivity index (χ0n) is 16.4. The zero-order valence-corrected chi connectivity index (χ0v) is 17.2. The molecule has 1 amide bonds. The normalized spacial score (nSPS) is 12.4. The molecule has 162 valence electrons. The van der Waals surface area contributed by atoms with Crippen LogP contribution in [-0.2, 0) is 14.7 Å². The summed E-state index contributed by atoms with van der Waals surface area (Å²) >= 11 is 0. The van der Waals surface area contributed by atoms with Crippen LogP contribution in [0, 0.1) is 17.5 Å². The fourth-order valence-corrected chi connectivity index (χ4v) is 4.73. The van der Waals surface area contributed by atoms with Gasteiger partial charge in [0, 0.05) is 18.8 Å². The Morgan fingerprint density at radius 3 is 2.23 bits per heavy atom. The SMILES string of the molecule is CON(C)C(=O)c1ccc(C(c2cc(F)ccc2F)S(=O)(=O)c2ccc(F)cc2)cn1. The Bertz CT molecular complexity index is 1200. The van der Waals surface area contributed by atoms with Crippen LogP contribution < -0.4 is 0 Å². The Kier molecular flexibility index (Phi) is 6.42. The number of rotatable bonds is 6. The molecule has 0 saturated heterocycles. The lowest BCUT2D eigenvalue weighted by atomic mass is 10.0. The highest BCUT2D eigenvalue weighted by atomic mass is 32.2. The van der Waals surface area contributed by atoms with Crippen molar-refractivity contribution in [2.24, 2.45) is 0 Å². The topological polar surface area (TPSA) is 76.6 Å². The molecule has 0 fully saturated rings. The van der Waals surface area contributed by atoms with Crippen LogP contribution in [0.25, 0.3) is 0 Å². The minimum atomic E-state index is -4.35. The Morgan fingerprint density at radius 2 is 1.65 bits per heavy atom. The minimum Gasteiger partial charge on any atom is -0.274 e. The molecule has 0 aliphatic rings. The summed E-state index contributed by atoms with van der Waals surface area (Å²) in [5.41, 5.74) is -0.504. The molecule has 0 aliphatic heterocycles. The number of halogens is 3. The lowest BCUT2D eigenvalue weighted by molar-refractivity contribution is -0.0760. The second-order valence-electron chi connectivity index (χ2n) is 6.51. The number of carbonyl (C=O) groups excluding carboxylic acids is 1. The van der Waals surface area contributed by atoms with Crippen LogP contribution in [0.15, 0.2) is 65.7 Å². The Hall–Kier alpha value is -3.24. The number of pyridine rings is 1. The third-order valence-corrected chi connectivity index (χ3v) is 6.64. The molecule has 31 heavy (non-hydrogen) atoms. The Morgan fingerprint density at radius 1 is 1.00 bits per heavy atom. The van der Waals surface area contributed by atoms with Gasteiger partial charge in [-0.1, -0.05) is 6.07 Å². The van der Waals surface area contributed by atoms with E-state index in [4.69, 9.17) is 4.84 Å². The number of hydrogen-bond acceptors (Lipinski definition) is 5. The van der Waals surface area contributed by atoms with Gasteiger partial charge < -0.3 is 0 Å². The number of nitrogens with zero attached hydrogens (tertiary/aromatic N) is 2. The van der Waals surface area contributed by atoms with E-state index in [0.29, 0.717) is 0 Å². The number of hydrogen-bond donors (Lipinski definition) is 0. The Balaban J connectivity index is 2.16. The van der Waals surface area contributed by atoms with Crippen molar-refractivity contribution in [2.45, 2.75) is 10.1 Å². The summed E-state index contributed by atoms with van der Waals surface area (Å²) in [6, 6.07) is 8.95. The standard InChI is InChI=1S/C21H17F3N2O4S/c1-26(30-2)21(27)19-10-3-13(12-25-19)20(17-11-15(23)6-9-18(17)24)31(28,29)16-7-4-14(22)5-8-16/h3-12,20H,1-2H3. The largest absolute Gasteiger partial charge is 0.295 e. The van der Waals surface area contributed by atoms with Gasteiger partial charge in [0.15, 0.2) is 9.84 Å². The molecule has 0 N–H and O–H groups in total. The highest BCUT2D eigenvalue weighted by molar-refractivity contribution is 7.91. The van der Waals surface area contributed by atoms with Crippen molar-refractivity contribution in [1.29, 1.82) is 0 Å². The summed E-state index contributed by atoms with van der Waals surface area (Å²) < 4.78 is 68.4. The van der Waals surface area contributed by atoms with Crippen LogP contribution in [0.2, 0.25) is 0 Å². The van der Waals surface area contributed by atoms with E-state index in [2.05, 4.69) is 4.98 Å². The van der Waals surface area contributed by atoms with Gasteiger partial charge in [0.1, 0.15) is 28.4 Å². The first-order chi connectivity index (χ1) is 14.6. The van der Waals surface area contributed by atoms with Crippen molar-refractivity contribution in [2.75, 3.05) is 14.2 Å². The van der Waals surface area contributed by atoms with Crippen molar-refractivity contribution >= 4 is 15.7 Å². The molecule has 1 atom stereocenters. The molecule has 1 heterocycles. The van der Waals surface area contributed by atoms with Crippen LogP contribution in [0.4, 0.5) is 13.2 Å². The lowest BCUT2D eigenvalue weighted by Crippen LogP contribution is -2.26. The second kappa shape index (κ2) is 8.86. The van der Waals surface area contributed by atoms with E-state index < -0.39 is 44.0 Å². The third-order valence-electron chi connectivity index (χ3n) is 4.56. The van der Waals surface area contributed by atoms with Crippen LogP contribution in [0.3, 0.4) is 0 Å². The average Bonchev–Trinajstić information content (AvgIpc) is 2.76. The summed E-state index contributed by atoms with van der Waals surface area (Å²) in [6.07, 6.45) is 1.09. The maximum atomic E-state index is 14.6. The fourth-order valence-electron chi connectivity index (χ4n) is 2.93. The number of hydroxylamine groups is 2. The first kappa shape index (κ1) is 22.4. The molecule has 6 nitrogen and oxygen atoms in total. The van der Waals surface area contributed by atoms with Crippen LogP contribution in [0.1, 0.15) is 26.9 Å². The van der Waals surface area contributed by atoms with Crippen molar-refractivity contribution in [1.82, 2.24) is 10.0 Å². The van der Waals surface area contributed by atoms with Crippen molar-refractivity contribution in [3.8, 4) is 0 Å². The highest BCUT2D eigenvalue weighted by Gasteiger charge is 2.34. The van der Waals surface area contributed by atoms with Gasteiger partial charge in [0.05, 0.1) is 12.0 Å². The molecule has 3 rings (SSSR count). The summed E-state index contributed by atoms with van der Waals surface area (Å²) in [5.74, 6) is -3.03. The van der Waals surface area contributed by atoms with E-state index in [1.165, 1.54) is 26.3 Å². The highest BCUT2D eigenvalue weighted by Crippen LogP contribution is 2.36. The average molecular weight is 450 g/mol. The molecule has 0 saturated carbocycles. The molecule has 1 unspecified atom stereocenters. The van der Waals surface area contributed by atoms with Gasteiger partial charge >= 0.3 is 0 Å². The van der Waals surface area contributed by atoms with Crippen molar-refractivity contribution in [3.05, 3.63) is 95.1 Å². The number of benzene rings is 2. The predicted molar refractivity (Wildman–Crippen MR) is 105 cm³/mol. The van der Waals surface area contributed by atoms with Crippen molar-refractivity contribution in [3.63, 3.8) is 0 Å². The maximum Gasteiger partial charge on any atom is 0.295 e. The van der Waals surface area contributed by atoms with E-state index in [0.717, 1.165) is 53.7 Å². The summed E-state index contributed by atoms with van der Waals surface area (Å²) in [6.45, 7) is 0. The summed E-state index contributed by atoms with van der Waals surface area (Å²) in [4.78, 5) is 20.6. The number of aromatic nitrogens is 1. The number of sulfone groups is 1. The molecule has 3 aromatic rings. The second-order valence-corrected chi connectivity index (χ2v) is 8.54. The quantitative estimate of drug-likeness (QED) is 0.423. The number of carbonyl (C=O) groups is 1. The molecule has 0 spiro atoms. The van der Waals surface area contributed by atoms with Gasteiger partial charge in [-0.25, -0.2) is 26.7 Å². The molecule has 0 aliphatic carbocycles. The first-order valence-corrected chi connectivity index (χ1v) is 10.4. The van der Waals surface area contributed by atoms with E-state index in [-0.39, 0.29) is 16.2 Å². The molecule has 1 aromatic heterocycles. The summed E-state index contributed by atoms with van der Waals surface area (Å²) in [7, 11) is -1.71. The zero-order chi connectivity index (χ0) is 22.8. The molecular weight excluding hydrogens is 433 g/mol. The van der Waals surface area contributed by atoms with Crippen LogP contribution in [-0.4, -0.2) is 38.5 Å². The smallest absolute Gasteiger partial charge is 0.274 e. The van der Waals surface area contributed by atoms with Gasteiger partial charge in [-0.05, 0) is 54.1 Å². The van der Waals surface area contributed by atoms with Crippen molar-refractivity contribution < 1.29 is 31.2 Å². The van der Waals surface area contributed by atoms with Gasteiger partial charge in [-0.15, -0.1) is 0 Å². The van der Waals surface area contributed by atoms with Gasteiger partial charge in [0.2, 0.25) is 0 Å². The molecular formula is C21H17F3N2O4S. The summed E-state index contributed by atoms with van der Waals surface area (Å²) in [5, 5.41) is -0.772. The van der Waals surface area contributed by atoms with E-state index in [1.807, 2.05) is 0 Å². The van der Waals surface area contributed by atoms with Gasteiger partial charge in [0.25, 0.3) is 5.91 Å². The molecule has 0 bridgehead atoms. The minimum absolute atomic E-state index is 0.00885. The molecule has 2 aromatic carbocycles. The van der Waals surface area contributed by atoms with Crippen LogP contribution >= 0.6 is 0 Å². The fraction of sp³-hybridized carbons (Fsp3) is 0.143. The van der Waals surface area contributed by atoms with E-state index in [9.17, 15) is 26.4 Å². The molecule has 10 heteroatoms. The van der Waals surface area contributed by atoms with E-state index >= 15 is 0 Å². The maximum absolute atomic E-state index is 14.6. The van der Waals surface area contributed by atoms with Gasteiger partial charge in [-0.3, -0.25) is 14.6 Å². The first-order valence-electron chi connectivity index (χ1n) is 8.87. The third kappa shape index (κ3) is 4.59. The Labute approximate surface area is 176 Å². The lowest BCUT2D eigenvalue weighted by Gasteiger charge is -2.20. The van der Waals surface area contributed by atoms with Gasteiger partial charge in [-0.2, -0.15) is 0 Å². The molecule has 0 radical (unpaired) electrons. The van der Waals surface area contributed by atoms with Crippen LogP contribution in [0.5, 0.6) is 0 Å². The number of amides is 1. The monoisotopic (exact) mass is 450 g/mol.